The summed E-state index contributed by atoms with van der Waals surface area (Å²) in [5.41, 5.74) is 9.40. The van der Waals surface area contributed by atoms with Gasteiger partial charge < -0.3 is 0 Å². The molecule has 0 saturated heterocycles. The van der Waals surface area contributed by atoms with Crippen LogP contribution in [0.25, 0.3) is 28.5 Å². The van der Waals surface area contributed by atoms with Crippen molar-refractivity contribution < 1.29 is 0 Å². The van der Waals surface area contributed by atoms with Gasteiger partial charge in [0.2, 0.25) is 0 Å². The fourth-order valence-corrected chi connectivity index (χ4v) is 6.64. The Morgan fingerprint density at radius 1 is 0.745 bits per heavy atom. The van der Waals surface area contributed by atoms with Gasteiger partial charge in [-0.2, -0.15) is 0 Å². The molecule has 0 nitrogen and oxygen atoms in total. The molecule has 0 aromatic heterocycles. The summed E-state index contributed by atoms with van der Waals surface area (Å²) in [6.45, 7) is 17.6. The third kappa shape index (κ3) is 9.41. The standard InChI is InChI=1S/C51H52/c1-7-40-28-30-43(31-29-40)39(5)50-34-36-51(6,49-33-32-45-24-17-19-26-47(45)38-49)35-20-12-15-27-48(50)37-46-25-18-16-23-44(46)22-14-11-13-21-42(10-4)41(8-2)9-3/h8,11-34,36-38H,2,5,7,9-10,35H2,1,3-4,6H3/b14-11+,20-12+,21-13-,27-15-,36-34-,42-41+,44-22-,46-37-,50-48+. The van der Waals surface area contributed by atoms with E-state index >= 15 is 0 Å². The minimum absolute atomic E-state index is 0.213. The SMILES string of the molecule is C=C/C(CC)=C(\C=C/C=C/C=c1/cccc/c1=C/C1=C(C(=C)c2ccc(CC)cc2)\C=C/C(C)(c2ccc3ccccc3c2)C/C=C/C=C\1)CC. The van der Waals surface area contributed by atoms with Crippen molar-refractivity contribution in [3.8, 4) is 0 Å². The number of aryl methyl sites for hydroxylation is 1. The maximum absolute atomic E-state index is 4.70. The van der Waals surface area contributed by atoms with Crippen LogP contribution in [0.5, 0.6) is 0 Å². The van der Waals surface area contributed by atoms with Crippen molar-refractivity contribution in [1.82, 2.24) is 0 Å². The summed E-state index contributed by atoms with van der Waals surface area (Å²) in [6, 6.07) is 32.9. The van der Waals surface area contributed by atoms with E-state index < -0.39 is 0 Å². The molecule has 4 aromatic carbocycles. The highest BCUT2D eigenvalue weighted by atomic mass is 14.3. The Labute approximate surface area is 306 Å². The smallest absolute Gasteiger partial charge is 0.0142 e. The highest BCUT2D eigenvalue weighted by molar-refractivity contribution is 5.86. The molecule has 1 aliphatic rings. The quantitative estimate of drug-likeness (QED) is 0.140. The Hall–Kier alpha value is -5.46. The first-order valence-electron chi connectivity index (χ1n) is 18.4. The lowest BCUT2D eigenvalue weighted by atomic mass is 9.77. The lowest BCUT2D eigenvalue weighted by Crippen LogP contribution is -2.23. The summed E-state index contributed by atoms with van der Waals surface area (Å²) in [5, 5.41) is 4.83. The van der Waals surface area contributed by atoms with Crippen molar-refractivity contribution in [3.63, 3.8) is 0 Å². The van der Waals surface area contributed by atoms with E-state index in [2.05, 4.69) is 198 Å². The molecule has 0 saturated carbocycles. The first-order chi connectivity index (χ1) is 24.9. The van der Waals surface area contributed by atoms with E-state index in [-0.39, 0.29) is 5.41 Å². The second kappa shape index (κ2) is 18.0. The van der Waals surface area contributed by atoms with E-state index in [1.807, 2.05) is 6.08 Å². The lowest BCUT2D eigenvalue weighted by Gasteiger charge is -2.27. The summed E-state index contributed by atoms with van der Waals surface area (Å²) in [5.74, 6) is 0. The molecule has 1 aliphatic carbocycles. The predicted molar refractivity (Wildman–Crippen MR) is 226 cm³/mol. The van der Waals surface area contributed by atoms with Crippen molar-refractivity contribution in [2.45, 2.75) is 58.8 Å². The number of rotatable bonds is 11. The topological polar surface area (TPSA) is 0 Å². The predicted octanol–water partition coefficient (Wildman–Crippen LogP) is 12.4. The molecule has 0 aliphatic heterocycles. The van der Waals surface area contributed by atoms with Gasteiger partial charge in [0, 0.05) is 5.41 Å². The zero-order chi connectivity index (χ0) is 36.1. The lowest BCUT2D eigenvalue weighted by molar-refractivity contribution is 0.606. The minimum atomic E-state index is -0.213. The van der Waals surface area contributed by atoms with Gasteiger partial charge >= 0.3 is 0 Å². The monoisotopic (exact) mass is 664 g/mol. The molecule has 4 aromatic rings. The number of fused-ring (bicyclic) bond motifs is 1. The van der Waals surface area contributed by atoms with Gasteiger partial charge in [-0.15, -0.1) is 0 Å². The van der Waals surface area contributed by atoms with Crippen molar-refractivity contribution in [2.24, 2.45) is 0 Å². The molecule has 0 heteroatoms. The van der Waals surface area contributed by atoms with Crippen LogP contribution in [0.3, 0.4) is 0 Å². The van der Waals surface area contributed by atoms with E-state index in [9.17, 15) is 0 Å². The Balaban J connectivity index is 1.64. The molecule has 0 N–H and O–H groups in total. The van der Waals surface area contributed by atoms with Crippen LogP contribution in [-0.2, 0) is 11.8 Å². The number of hydrogen-bond acceptors (Lipinski definition) is 0. The van der Waals surface area contributed by atoms with Gasteiger partial charge in [0.25, 0.3) is 0 Å². The highest BCUT2D eigenvalue weighted by Crippen LogP contribution is 2.35. The number of benzene rings is 4. The van der Waals surface area contributed by atoms with Crippen LogP contribution in [0.2, 0.25) is 0 Å². The molecule has 1 atom stereocenters. The molecular formula is C51H52. The minimum Gasteiger partial charge on any atom is -0.0988 e. The van der Waals surface area contributed by atoms with Crippen LogP contribution in [-0.4, -0.2) is 0 Å². The van der Waals surface area contributed by atoms with Crippen LogP contribution < -0.4 is 10.4 Å². The molecule has 5 rings (SSSR count). The summed E-state index contributed by atoms with van der Waals surface area (Å²) in [4.78, 5) is 0. The summed E-state index contributed by atoms with van der Waals surface area (Å²) < 4.78 is 0. The largest absolute Gasteiger partial charge is 0.0988 e. The molecule has 0 bridgehead atoms. The third-order valence-electron chi connectivity index (χ3n) is 9.96. The van der Waals surface area contributed by atoms with Gasteiger partial charge in [0.05, 0.1) is 0 Å². The van der Waals surface area contributed by atoms with Crippen molar-refractivity contribution in [2.75, 3.05) is 0 Å². The average Bonchev–Trinajstić information content (AvgIpc) is 3.17. The van der Waals surface area contributed by atoms with E-state index in [0.717, 1.165) is 58.4 Å². The van der Waals surface area contributed by atoms with Gasteiger partial charge in [-0.1, -0.05) is 205 Å². The molecular weight excluding hydrogens is 613 g/mol. The Bertz CT molecular complexity index is 2200. The molecule has 256 valence electrons. The van der Waals surface area contributed by atoms with Crippen LogP contribution in [0.4, 0.5) is 0 Å². The van der Waals surface area contributed by atoms with Crippen molar-refractivity contribution in [3.05, 3.63) is 220 Å². The van der Waals surface area contributed by atoms with Crippen LogP contribution in [0.1, 0.15) is 63.6 Å². The second-order valence-corrected chi connectivity index (χ2v) is 13.3. The first kappa shape index (κ1) is 36.8. The fraction of sp³-hybridized carbons (Fsp3) is 0.176. The Morgan fingerprint density at radius 3 is 2.20 bits per heavy atom. The first-order valence-corrected chi connectivity index (χ1v) is 18.4. The van der Waals surface area contributed by atoms with Gasteiger partial charge in [-0.25, -0.2) is 0 Å². The summed E-state index contributed by atoms with van der Waals surface area (Å²) in [7, 11) is 0. The maximum Gasteiger partial charge on any atom is 0.0142 e. The van der Waals surface area contributed by atoms with E-state index in [4.69, 9.17) is 6.58 Å². The Morgan fingerprint density at radius 2 is 1.47 bits per heavy atom. The third-order valence-corrected chi connectivity index (χ3v) is 9.96. The molecule has 0 radical (unpaired) electrons. The maximum atomic E-state index is 4.70. The average molecular weight is 665 g/mol. The second-order valence-electron chi connectivity index (χ2n) is 13.3. The molecule has 0 amide bonds. The Kier molecular flexibility index (Phi) is 13.0. The molecule has 0 spiro atoms. The van der Waals surface area contributed by atoms with Crippen molar-refractivity contribution in [1.29, 1.82) is 0 Å². The zero-order valence-electron chi connectivity index (χ0n) is 30.9. The number of hydrogen-bond donors (Lipinski definition) is 0. The molecule has 1 unspecified atom stereocenters. The van der Waals surface area contributed by atoms with Crippen LogP contribution in [0, 0.1) is 0 Å². The van der Waals surface area contributed by atoms with E-state index in [0.29, 0.717) is 0 Å². The van der Waals surface area contributed by atoms with E-state index in [1.54, 1.807) is 0 Å². The highest BCUT2D eigenvalue weighted by Gasteiger charge is 2.23. The molecule has 51 heavy (non-hydrogen) atoms. The fourth-order valence-electron chi connectivity index (χ4n) is 6.64. The summed E-state index contributed by atoms with van der Waals surface area (Å²) in [6.07, 6.45) is 32.5. The van der Waals surface area contributed by atoms with Crippen LogP contribution in [0.15, 0.2) is 193 Å². The normalized spacial score (nSPS) is 21.2. The zero-order valence-corrected chi connectivity index (χ0v) is 30.9. The molecule has 0 fully saturated rings. The molecule has 0 heterocycles. The van der Waals surface area contributed by atoms with Gasteiger partial charge in [0.1, 0.15) is 0 Å². The van der Waals surface area contributed by atoms with Gasteiger partial charge in [-0.05, 0) is 97.5 Å². The van der Waals surface area contributed by atoms with Gasteiger partial charge in [-0.3, -0.25) is 0 Å². The summed E-state index contributed by atoms with van der Waals surface area (Å²) >= 11 is 0. The number of allylic oxidation sites excluding steroid dienone is 16. The van der Waals surface area contributed by atoms with E-state index in [1.165, 1.54) is 33.0 Å². The van der Waals surface area contributed by atoms with Gasteiger partial charge in [0.15, 0.2) is 0 Å². The van der Waals surface area contributed by atoms with Crippen molar-refractivity contribution >= 4 is 28.5 Å². The van der Waals surface area contributed by atoms with Crippen LogP contribution >= 0.6 is 0 Å².